The van der Waals surface area contributed by atoms with Crippen molar-refractivity contribution in [3.05, 3.63) is 29.3 Å². The molecule has 0 spiro atoms. The molecule has 1 aromatic rings. The third-order valence-electron chi connectivity index (χ3n) is 4.77. The summed E-state index contributed by atoms with van der Waals surface area (Å²) in [7, 11) is 1.65. The fraction of sp³-hybridized carbons (Fsp3) is 0.556. The number of carbonyl (C=O) groups is 2. The molecule has 2 heterocycles. The lowest BCUT2D eigenvalue weighted by Gasteiger charge is -2.36. The minimum atomic E-state index is -0.0606. The fourth-order valence-corrected chi connectivity index (χ4v) is 4.22. The van der Waals surface area contributed by atoms with E-state index in [2.05, 4.69) is 5.32 Å². The number of thioether (sulfide) groups is 1. The first-order chi connectivity index (χ1) is 12.1. The highest BCUT2D eigenvalue weighted by Crippen LogP contribution is 2.19. The largest absolute Gasteiger partial charge is 0.496 e. The van der Waals surface area contributed by atoms with Crippen molar-refractivity contribution >= 4 is 23.6 Å². The first-order valence-electron chi connectivity index (χ1n) is 8.59. The molecule has 25 heavy (non-hydrogen) atoms. The summed E-state index contributed by atoms with van der Waals surface area (Å²) in [5.74, 6) is 2.81. The molecule has 3 rings (SSSR count). The molecule has 6 nitrogen and oxygen atoms in total. The topological polar surface area (TPSA) is 61.9 Å². The molecule has 2 fully saturated rings. The number of rotatable bonds is 4. The van der Waals surface area contributed by atoms with Crippen LogP contribution < -0.4 is 10.1 Å². The predicted molar refractivity (Wildman–Crippen MR) is 98.8 cm³/mol. The van der Waals surface area contributed by atoms with Crippen LogP contribution in [0.1, 0.15) is 11.1 Å². The zero-order valence-corrected chi connectivity index (χ0v) is 15.6. The molecule has 0 bridgehead atoms. The summed E-state index contributed by atoms with van der Waals surface area (Å²) >= 11 is 1.75. The lowest BCUT2D eigenvalue weighted by Crippen LogP contribution is -2.54. The second-order valence-electron chi connectivity index (χ2n) is 6.46. The van der Waals surface area contributed by atoms with E-state index < -0.39 is 0 Å². The van der Waals surface area contributed by atoms with Crippen LogP contribution in [0.25, 0.3) is 0 Å². The molecule has 2 aliphatic heterocycles. The Hall–Kier alpha value is -1.73. The molecule has 1 N–H and O–H groups in total. The van der Waals surface area contributed by atoms with Crippen molar-refractivity contribution in [2.24, 2.45) is 0 Å². The van der Waals surface area contributed by atoms with Crippen LogP contribution in [0.3, 0.4) is 0 Å². The lowest BCUT2D eigenvalue weighted by molar-refractivity contribution is -0.140. The van der Waals surface area contributed by atoms with Gasteiger partial charge in [0.15, 0.2) is 0 Å². The van der Waals surface area contributed by atoms with Gasteiger partial charge in [-0.3, -0.25) is 14.9 Å². The molecular weight excluding hydrogens is 338 g/mol. The molecule has 7 heteroatoms. The number of nitrogens with zero attached hydrogens (tertiary/aromatic N) is 2. The van der Waals surface area contributed by atoms with Gasteiger partial charge in [-0.2, -0.15) is 0 Å². The van der Waals surface area contributed by atoms with E-state index in [0.29, 0.717) is 32.6 Å². The van der Waals surface area contributed by atoms with Crippen LogP contribution in [-0.2, 0) is 16.0 Å². The molecule has 0 saturated carbocycles. The smallest absolute Gasteiger partial charge is 0.240 e. The minimum absolute atomic E-state index is 0.0606. The predicted octanol–water partition coefficient (Wildman–Crippen LogP) is 0.879. The molecule has 1 unspecified atom stereocenters. The van der Waals surface area contributed by atoms with Gasteiger partial charge in [-0.25, -0.2) is 0 Å². The van der Waals surface area contributed by atoms with Crippen LogP contribution in [0.15, 0.2) is 18.2 Å². The Morgan fingerprint density at radius 1 is 1.24 bits per heavy atom. The zero-order chi connectivity index (χ0) is 17.8. The van der Waals surface area contributed by atoms with E-state index >= 15 is 0 Å². The highest BCUT2D eigenvalue weighted by molar-refractivity contribution is 7.99. The number of amides is 2. The quantitative estimate of drug-likeness (QED) is 0.861. The maximum Gasteiger partial charge on any atom is 0.240 e. The van der Waals surface area contributed by atoms with Gasteiger partial charge in [0.1, 0.15) is 5.75 Å². The van der Waals surface area contributed by atoms with Gasteiger partial charge in [-0.1, -0.05) is 12.1 Å². The number of benzene rings is 1. The lowest BCUT2D eigenvalue weighted by atomic mass is 10.1. The van der Waals surface area contributed by atoms with Gasteiger partial charge in [-0.15, -0.1) is 11.8 Å². The summed E-state index contributed by atoms with van der Waals surface area (Å²) in [6, 6.07) is 5.78. The van der Waals surface area contributed by atoms with Gasteiger partial charge in [-0.05, 0) is 24.1 Å². The number of methoxy groups -OCH3 is 1. The van der Waals surface area contributed by atoms with Crippen LogP contribution in [-0.4, -0.2) is 72.6 Å². The number of ether oxygens (including phenoxy) is 1. The molecule has 0 aliphatic carbocycles. The van der Waals surface area contributed by atoms with Crippen LogP contribution in [0, 0.1) is 6.92 Å². The van der Waals surface area contributed by atoms with E-state index in [1.165, 1.54) is 0 Å². The number of hydrogen-bond donors (Lipinski definition) is 1. The number of aryl methyl sites for hydroxylation is 1. The third kappa shape index (κ3) is 4.27. The summed E-state index contributed by atoms with van der Waals surface area (Å²) in [5, 5.41) is 3.22. The van der Waals surface area contributed by atoms with E-state index in [1.807, 2.05) is 34.9 Å². The molecule has 0 radical (unpaired) electrons. The van der Waals surface area contributed by atoms with Gasteiger partial charge >= 0.3 is 0 Å². The Kier molecular flexibility index (Phi) is 5.86. The van der Waals surface area contributed by atoms with Crippen LogP contribution in [0.4, 0.5) is 0 Å². The Bertz CT molecular complexity index is 638. The van der Waals surface area contributed by atoms with Gasteiger partial charge in [0.2, 0.25) is 11.8 Å². The van der Waals surface area contributed by atoms with E-state index in [1.54, 1.807) is 18.9 Å². The first kappa shape index (κ1) is 18.1. The normalized spacial score (nSPS) is 20.6. The van der Waals surface area contributed by atoms with Crippen molar-refractivity contribution in [2.45, 2.75) is 19.4 Å². The second kappa shape index (κ2) is 8.10. The average Bonchev–Trinajstić information content (AvgIpc) is 3.16. The van der Waals surface area contributed by atoms with Crippen molar-refractivity contribution in [3.63, 3.8) is 0 Å². The molecule has 2 amide bonds. The number of hydrogen-bond acceptors (Lipinski definition) is 5. The summed E-state index contributed by atoms with van der Waals surface area (Å²) in [4.78, 5) is 28.7. The Balaban J connectivity index is 1.51. The zero-order valence-electron chi connectivity index (χ0n) is 14.8. The maximum atomic E-state index is 12.5. The maximum absolute atomic E-state index is 12.5. The highest BCUT2D eigenvalue weighted by Gasteiger charge is 2.30. The van der Waals surface area contributed by atoms with Gasteiger partial charge in [0.05, 0.1) is 19.6 Å². The summed E-state index contributed by atoms with van der Waals surface area (Å²) < 4.78 is 5.26. The monoisotopic (exact) mass is 363 g/mol. The summed E-state index contributed by atoms with van der Waals surface area (Å²) in [6.45, 7) is 4.44. The summed E-state index contributed by atoms with van der Waals surface area (Å²) in [5.41, 5.74) is 2.03. The molecule has 2 aliphatic rings. The van der Waals surface area contributed by atoms with Crippen molar-refractivity contribution < 1.29 is 14.3 Å². The Morgan fingerprint density at radius 3 is 2.56 bits per heavy atom. The van der Waals surface area contributed by atoms with Gasteiger partial charge < -0.3 is 14.5 Å². The summed E-state index contributed by atoms with van der Waals surface area (Å²) in [6.07, 6.45) is 0.388. The van der Waals surface area contributed by atoms with Crippen molar-refractivity contribution in [2.75, 3.05) is 44.9 Å². The van der Waals surface area contributed by atoms with E-state index in [-0.39, 0.29) is 17.9 Å². The van der Waals surface area contributed by atoms with Gasteiger partial charge in [0, 0.05) is 37.8 Å². The first-order valence-corrected chi connectivity index (χ1v) is 9.75. The van der Waals surface area contributed by atoms with Crippen LogP contribution in [0.2, 0.25) is 0 Å². The molecule has 1 atom stereocenters. The van der Waals surface area contributed by atoms with Crippen molar-refractivity contribution in [1.82, 2.24) is 15.1 Å². The molecule has 2 saturated heterocycles. The van der Waals surface area contributed by atoms with Crippen LogP contribution >= 0.6 is 11.8 Å². The SMILES string of the molecule is COc1ccc(CC(=O)N2CCN(C(=O)C3CSCN3)CC2)cc1C. The van der Waals surface area contributed by atoms with E-state index in [9.17, 15) is 9.59 Å². The highest BCUT2D eigenvalue weighted by atomic mass is 32.2. The second-order valence-corrected chi connectivity index (χ2v) is 7.49. The third-order valence-corrected chi connectivity index (χ3v) is 5.71. The Morgan fingerprint density at radius 2 is 1.96 bits per heavy atom. The molecule has 0 aromatic heterocycles. The van der Waals surface area contributed by atoms with Crippen LogP contribution in [0.5, 0.6) is 5.75 Å². The average molecular weight is 363 g/mol. The van der Waals surface area contributed by atoms with Gasteiger partial charge in [0.25, 0.3) is 0 Å². The number of carbonyl (C=O) groups excluding carboxylic acids is 2. The number of piperazine rings is 1. The number of nitrogens with one attached hydrogen (secondary N) is 1. The van der Waals surface area contributed by atoms with E-state index in [4.69, 9.17) is 4.74 Å². The molecule has 1 aromatic carbocycles. The van der Waals surface area contributed by atoms with Crippen molar-refractivity contribution in [3.8, 4) is 5.75 Å². The van der Waals surface area contributed by atoms with E-state index in [0.717, 1.165) is 28.5 Å². The minimum Gasteiger partial charge on any atom is -0.496 e. The molecular formula is C18H25N3O3S. The van der Waals surface area contributed by atoms with Crippen molar-refractivity contribution in [1.29, 1.82) is 0 Å². The fourth-order valence-electron chi connectivity index (χ4n) is 3.29. The Labute approximate surface area is 152 Å². The molecule has 136 valence electrons. The standard InChI is InChI=1S/C18H25N3O3S/c1-13-9-14(3-4-16(13)24-2)10-17(22)20-5-7-21(8-6-20)18(23)15-11-25-12-19-15/h3-4,9,15,19H,5-8,10-12H2,1-2H3.